The molecule has 2 aromatic carbocycles. The van der Waals surface area contributed by atoms with Crippen LogP contribution in [0.2, 0.25) is 0 Å². The molecular formula is C20H29N. The molecule has 0 fully saturated rings. The first-order valence-corrected chi connectivity index (χ1v) is 8.38. The fourth-order valence-corrected chi connectivity index (χ4v) is 3.04. The minimum Gasteiger partial charge on any atom is -0.316 e. The van der Waals surface area contributed by atoms with Gasteiger partial charge in [-0.25, -0.2) is 0 Å². The normalized spacial score (nSPS) is 13.0. The summed E-state index contributed by atoms with van der Waals surface area (Å²) in [4.78, 5) is 0. The van der Waals surface area contributed by atoms with Crippen LogP contribution in [0.4, 0.5) is 0 Å². The molecule has 21 heavy (non-hydrogen) atoms. The third-order valence-corrected chi connectivity index (χ3v) is 4.07. The summed E-state index contributed by atoms with van der Waals surface area (Å²) in [6, 6.07) is 15.5. The maximum Gasteiger partial charge on any atom is -0.00172 e. The van der Waals surface area contributed by atoms with Crippen LogP contribution in [0.1, 0.15) is 39.2 Å². The van der Waals surface area contributed by atoms with Gasteiger partial charge in [-0.3, -0.25) is 0 Å². The zero-order chi connectivity index (χ0) is 15.1. The average molecular weight is 283 g/mol. The van der Waals surface area contributed by atoms with Gasteiger partial charge in [0.05, 0.1) is 0 Å². The molecular weight excluding hydrogens is 254 g/mol. The second-order valence-electron chi connectivity index (χ2n) is 6.55. The fourth-order valence-electron chi connectivity index (χ4n) is 3.04. The monoisotopic (exact) mass is 283 g/mol. The van der Waals surface area contributed by atoms with E-state index in [-0.39, 0.29) is 0 Å². The van der Waals surface area contributed by atoms with Crippen molar-refractivity contribution < 1.29 is 0 Å². The van der Waals surface area contributed by atoms with Gasteiger partial charge in [-0.1, -0.05) is 69.7 Å². The van der Waals surface area contributed by atoms with E-state index in [1.54, 1.807) is 0 Å². The van der Waals surface area contributed by atoms with Gasteiger partial charge in [0, 0.05) is 0 Å². The minimum atomic E-state index is 0.727. The molecule has 0 saturated carbocycles. The van der Waals surface area contributed by atoms with Crippen molar-refractivity contribution in [1.82, 2.24) is 5.32 Å². The van der Waals surface area contributed by atoms with Gasteiger partial charge in [0.1, 0.15) is 0 Å². The molecule has 1 atom stereocenters. The zero-order valence-corrected chi connectivity index (χ0v) is 13.7. The Hall–Kier alpha value is -1.34. The SMILES string of the molecule is CCCC(CNCC(C)C)Cc1cccc2ccccc12. The Morgan fingerprint density at radius 3 is 2.48 bits per heavy atom. The summed E-state index contributed by atoms with van der Waals surface area (Å²) in [6.07, 6.45) is 3.74. The van der Waals surface area contributed by atoms with Gasteiger partial charge in [0.25, 0.3) is 0 Å². The van der Waals surface area contributed by atoms with Crippen LogP contribution in [0.5, 0.6) is 0 Å². The summed E-state index contributed by atoms with van der Waals surface area (Å²) in [5.41, 5.74) is 1.50. The van der Waals surface area contributed by atoms with Crippen LogP contribution in [0.25, 0.3) is 10.8 Å². The van der Waals surface area contributed by atoms with Crippen molar-refractivity contribution >= 4 is 10.8 Å². The third-order valence-electron chi connectivity index (χ3n) is 4.07. The Balaban J connectivity index is 2.07. The van der Waals surface area contributed by atoms with Gasteiger partial charge < -0.3 is 5.32 Å². The number of rotatable bonds is 8. The van der Waals surface area contributed by atoms with E-state index in [1.165, 1.54) is 35.6 Å². The van der Waals surface area contributed by atoms with Crippen LogP contribution in [-0.4, -0.2) is 13.1 Å². The van der Waals surface area contributed by atoms with E-state index in [2.05, 4.69) is 68.6 Å². The number of hydrogen-bond acceptors (Lipinski definition) is 1. The standard InChI is InChI=1S/C20H29N/c1-4-8-17(15-21-14-16(2)3)13-19-11-7-10-18-9-5-6-12-20(18)19/h5-7,9-12,16-17,21H,4,8,13-15H2,1-3H3. The quantitative estimate of drug-likeness (QED) is 0.715. The Labute approximate surface area is 129 Å². The van der Waals surface area contributed by atoms with Gasteiger partial charge in [-0.2, -0.15) is 0 Å². The van der Waals surface area contributed by atoms with E-state index in [0.717, 1.165) is 24.9 Å². The molecule has 0 aromatic heterocycles. The van der Waals surface area contributed by atoms with E-state index in [0.29, 0.717) is 0 Å². The predicted octanol–water partition coefficient (Wildman–Crippen LogP) is 5.04. The molecule has 2 rings (SSSR count). The van der Waals surface area contributed by atoms with Gasteiger partial charge in [0.2, 0.25) is 0 Å². The van der Waals surface area contributed by atoms with Crippen molar-refractivity contribution in [3.05, 3.63) is 48.0 Å². The van der Waals surface area contributed by atoms with E-state index < -0.39 is 0 Å². The number of nitrogens with one attached hydrogen (secondary N) is 1. The summed E-state index contributed by atoms with van der Waals surface area (Å²) in [7, 11) is 0. The molecule has 1 nitrogen and oxygen atoms in total. The van der Waals surface area contributed by atoms with E-state index in [1.807, 2.05) is 0 Å². The summed E-state index contributed by atoms with van der Waals surface area (Å²) >= 11 is 0. The minimum absolute atomic E-state index is 0.727. The van der Waals surface area contributed by atoms with Crippen LogP contribution < -0.4 is 5.32 Å². The molecule has 2 aromatic rings. The first-order valence-electron chi connectivity index (χ1n) is 8.38. The molecule has 114 valence electrons. The van der Waals surface area contributed by atoms with E-state index in [4.69, 9.17) is 0 Å². The van der Waals surface area contributed by atoms with Gasteiger partial charge >= 0.3 is 0 Å². The van der Waals surface area contributed by atoms with Gasteiger partial charge in [0.15, 0.2) is 0 Å². The first kappa shape index (κ1) is 16.0. The highest BCUT2D eigenvalue weighted by atomic mass is 14.9. The second kappa shape index (κ2) is 8.19. The number of benzene rings is 2. The summed E-state index contributed by atoms with van der Waals surface area (Å²) in [6.45, 7) is 9.09. The maximum absolute atomic E-state index is 3.64. The molecule has 0 radical (unpaired) electrons. The highest BCUT2D eigenvalue weighted by Gasteiger charge is 2.11. The number of hydrogen-bond donors (Lipinski definition) is 1. The largest absolute Gasteiger partial charge is 0.316 e. The number of fused-ring (bicyclic) bond motifs is 1. The van der Waals surface area contributed by atoms with Crippen LogP contribution in [0, 0.1) is 11.8 Å². The highest BCUT2D eigenvalue weighted by molar-refractivity contribution is 5.85. The topological polar surface area (TPSA) is 12.0 Å². The lowest BCUT2D eigenvalue weighted by molar-refractivity contribution is 0.422. The van der Waals surface area contributed by atoms with E-state index >= 15 is 0 Å². The summed E-state index contributed by atoms with van der Waals surface area (Å²) < 4.78 is 0. The summed E-state index contributed by atoms with van der Waals surface area (Å²) in [5, 5.41) is 6.42. The third kappa shape index (κ3) is 4.86. The van der Waals surface area contributed by atoms with Crippen molar-refractivity contribution in [1.29, 1.82) is 0 Å². The van der Waals surface area contributed by atoms with Gasteiger partial charge in [-0.15, -0.1) is 0 Å². The Bertz CT molecular complexity index is 539. The lowest BCUT2D eigenvalue weighted by atomic mass is 9.92. The predicted molar refractivity (Wildman–Crippen MR) is 93.8 cm³/mol. The molecule has 0 spiro atoms. The lowest BCUT2D eigenvalue weighted by Crippen LogP contribution is -2.27. The highest BCUT2D eigenvalue weighted by Crippen LogP contribution is 2.22. The van der Waals surface area contributed by atoms with Crippen LogP contribution >= 0.6 is 0 Å². The second-order valence-corrected chi connectivity index (χ2v) is 6.55. The Morgan fingerprint density at radius 2 is 1.71 bits per heavy atom. The molecule has 1 heteroatoms. The molecule has 1 unspecified atom stereocenters. The fraction of sp³-hybridized carbons (Fsp3) is 0.500. The molecule has 0 heterocycles. The van der Waals surface area contributed by atoms with Crippen molar-refractivity contribution in [2.75, 3.05) is 13.1 Å². The molecule has 0 aliphatic rings. The van der Waals surface area contributed by atoms with Crippen molar-refractivity contribution in [2.24, 2.45) is 11.8 Å². The van der Waals surface area contributed by atoms with Gasteiger partial charge in [-0.05, 0) is 54.1 Å². The first-order chi connectivity index (χ1) is 10.2. The van der Waals surface area contributed by atoms with Crippen molar-refractivity contribution in [3.8, 4) is 0 Å². The van der Waals surface area contributed by atoms with Crippen molar-refractivity contribution in [3.63, 3.8) is 0 Å². The average Bonchev–Trinajstić information content (AvgIpc) is 2.47. The molecule has 1 N–H and O–H groups in total. The lowest BCUT2D eigenvalue weighted by Gasteiger charge is -2.19. The molecule has 0 amide bonds. The van der Waals surface area contributed by atoms with Crippen LogP contribution in [0.3, 0.4) is 0 Å². The van der Waals surface area contributed by atoms with E-state index in [9.17, 15) is 0 Å². The molecule has 0 saturated heterocycles. The molecule has 0 bridgehead atoms. The smallest absolute Gasteiger partial charge is 0.00172 e. The Morgan fingerprint density at radius 1 is 0.952 bits per heavy atom. The molecule has 0 aliphatic heterocycles. The Kier molecular flexibility index (Phi) is 6.25. The van der Waals surface area contributed by atoms with Crippen molar-refractivity contribution in [2.45, 2.75) is 40.0 Å². The molecule has 0 aliphatic carbocycles. The van der Waals surface area contributed by atoms with Crippen LogP contribution in [-0.2, 0) is 6.42 Å². The maximum atomic E-state index is 3.64. The zero-order valence-electron chi connectivity index (χ0n) is 13.7. The summed E-state index contributed by atoms with van der Waals surface area (Å²) in [5.74, 6) is 1.46. The van der Waals surface area contributed by atoms with Crippen LogP contribution in [0.15, 0.2) is 42.5 Å².